The summed E-state index contributed by atoms with van der Waals surface area (Å²) in [4.78, 5) is 16.7. The summed E-state index contributed by atoms with van der Waals surface area (Å²) in [6.45, 7) is 3.51. The molecule has 3 rings (SSSR count). The van der Waals surface area contributed by atoms with Gasteiger partial charge in [-0.25, -0.2) is 13.4 Å². The molecule has 150 valence electrons. The van der Waals surface area contributed by atoms with E-state index in [2.05, 4.69) is 32.7 Å². The Balaban J connectivity index is 1.58. The molecule has 0 aliphatic carbocycles. The molecule has 0 aromatic carbocycles. The number of anilines is 1. The van der Waals surface area contributed by atoms with E-state index in [1.807, 2.05) is 6.07 Å². The maximum absolute atomic E-state index is 12.3. The van der Waals surface area contributed by atoms with Crippen LogP contribution in [0.25, 0.3) is 0 Å². The van der Waals surface area contributed by atoms with Crippen LogP contribution in [0.4, 0.5) is 5.82 Å². The van der Waals surface area contributed by atoms with Crippen LogP contribution in [0.5, 0.6) is 0 Å². The average Bonchev–Trinajstić information content (AvgIpc) is 3.16. The summed E-state index contributed by atoms with van der Waals surface area (Å²) in [5.41, 5.74) is 2.23. The van der Waals surface area contributed by atoms with Crippen molar-refractivity contribution in [3.05, 3.63) is 41.2 Å². The van der Waals surface area contributed by atoms with E-state index in [0.717, 1.165) is 43.5 Å². The van der Waals surface area contributed by atoms with Crippen molar-refractivity contribution < 1.29 is 13.2 Å². The fraction of sp³-hybridized carbons (Fsp3) is 0.474. The molecule has 2 aromatic rings. The Kier molecular flexibility index (Phi) is 6.69. The number of pyridine rings is 1. The zero-order valence-electron chi connectivity index (χ0n) is 15.9. The highest BCUT2D eigenvalue weighted by Crippen LogP contribution is 2.15. The van der Waals surface area contributed by atoms with Gasteiger partial charge in [-0.2, -0.15) is 0 Å². The van der Waals surface area contributed by atoms with Crippen LogP contribution in [0.15, 0.2) is 29.3 Å². The lowest BCUT2D eigenvalue weighted by Crippen LogP contribution is -2.17. The number of nitrogens with zero attached hydrogens (tertiary/aromatic N) is 3. The fourth-order valence-corrected chi connectivity index (χ4v) is 4.25. The zero-order valence-corrected chi connectivity index (χ0v) is 16.8. The van der Waals surface area contributed by atoms with Gasteiger partial charge in [0.25, 0.3) is 5.91 Å². The zero-order chi connectivity index (χ0) is 20.0. The van der Waals surface area contributed by atoms with Crippen LogP contribution in [-0.4, -0.2) is 35.3 Å². The standard InChI is InChI=1S/C19H25N5O3S/c1-2-3-4-5-6-11-28(26,27)18-10-9-17(23-24-18)22-19(25)15-8-7-14-12-20-13-16(14)21-15/h7-10,20H,2-6,11-13H2,1H3,(H,22,23,25). The summed E-state index contributed by atoms with van der Waals surface area (Å²) in [6.07, 6.45) is 4.77. The molecule has 0 spiro atoms. The second-order valence-electron chi connectivity index (χ2n) is 6.85. The second kappa shape index (κ2) is 9.20. The van der Waals surface area contributed by atoms with Gasteiger partial charge in [0.1, 0.15) is 5.69 Å². The summed E-state index contributed by atoms with van der Waals surface area (Å²) in [7, 11) is -3.46. The molecule has 9 heteroatoms. The molecule has 28 heavy (non-hydrogen) atoms. The molecule has 3 heterocycles. The van der Waals surface area contributed by atoms with Crippen LogP contribution in [0.3, 0.4) is 0 Å². The minimum atomic E-state index is -3.46. The molecule has 1 aliphatic heterocycles. The Bertz CT molecular complexity index is 929. The summed E-state index contributed by atoms with van der Waals surface area (Å²) in [6, 6.07) is 6.36. The number of unbranched alkanes of at least 4 members (excludes halogenated alkanes) is 4. The van der Waals surface area contributed by atoms with Gasteiger partial charge in [-0.3, -0.25) is 4.79 Å². The Morgan fingerprint density at radius 3 is 2.64 bits per heavy atom. The van der Waals surface area contributed by atoms with Crippen molar-refractivity contribution in [2.75, 3.05) is 11.1 Å². The third-order valence-corrected chi connectivity index (χ3v) is 6.31. The number of aromatic nitrogens is 3. The first-order chi connectivity index (χ1) is 13.5. The van der Waals surface area contributed by atoms with E-state index in [0.29, 0.717) is 13.0 Å². The highest BCUT2D eigenvalue weighted by molar-refractivity contribution is 7.91. The molecule has 0 bridgehead atoms. The topological polar surface area (TPSA) is 114 Å². The van der Waals surface area contributed by atoms with E-state index in [4.69, 9.17) is 0 Å². The van der Waals surface area contributed by atoms with E-state index in [-0.39, 0.29) is 22.3 Å². The highest BCUT2D eigenvalue weighted by atomic mass is 32.2. The average molecular weight is 404 g/mol. The van der Waals surface area contributed by atoms with Gasteiger partial charge in [-0.15, -0.1) is 10.2 Å². The summed E-state index contributed by atoms with van der Waals surface area (Å²) in [5, 5.41) is 13.3. The van der Waals surface area contributed by atoms with E-state index >= 15 is 0 Å². The largest absolute Gasteiger partial charge is 0.307 e. The van der Waals surface area contributed by atoms with Gasteiger partial charge in [-0.1, -0.05) is 38.7 Å². The number of rotatable bonds is 9. The number of nitrogens with one attached hydrogen (secondary N) is 2. The monoisotopic (exact) mass is 403 g/mol. The number of amides is 1. The van der Waals surface area contributed by atoms with Crippen LogP contribution in [0, 0.1) is 0 Å². The number of carbonyl (C=O) groups excluding carboxylic acids is 1. The normalized spacial score (nSPS) is 13.3. The molecular weight excluding hydrogens is 378 g/mol. The summed E-state index contributed by atoms with van der Waals surface area (Å²) in [5.74, 6) is -0.160. The van der Waals surface area contributed by atoms with Crippen LogP contribution in [-0.2, 0) is 22.9 Å². The fourth-order valence-electron chi connectivity index (χ4n) is 3.02. The third-order valence-electron chi connectivity index (χ3n) is 4.63. The quantitative estimate of drug-likeness (QED) is 0.618. The molecule has 0 radical (unpaired) electrons. The minimum absolute atomic E-state index is 0.0597. The van der Waals surface area contributed by atoms with Crippen molar-refractivity contribution >= 4 is 21.6 Å². The number of fused-ring (bicyclic) bond motifs is 1. The van der Waals surface area contributed by atoms with Gasteiger partial charge in [0.2, 0.25) is 0 Å². The SMILES string of the molecule is CCCCCCCS(=O)(=O)c1ccc(NC(=O)c2ccc3c(n2)CNC3)nn1. The smallest absolute Gasteiger partial charge is 0.275 e. The first kappa shape index (κ1) is 20.3. The predicted molar refractivity (Wildman–Crippen MR) is 106 cm³/mol. The lowest BCUT2D eigenvalue weighted by atomic mass is 10.2. The number of carbonyl (C=O) groups is 1. The summed E-state index contributed by atoms with van der Waals surface area (Å²) >= 11 is 0. The molecule has 1 aliphatic rings. The van der Waals surface area contributed by atoms with Crippen molar-refractivity contribution in [2.24, 2.45) is 0 Å². The van der Waals surface area contributed by atoms with E-state index in [9.17, 15) is 13.2 Å². The molecule has 0 fully saturated rings. The van der Waals surface area contributed by atoms with Gasteiger partial charge in [0, 0.05) is 13.1 Å². The molecule has 0 unspecified atom stereocenters. The van der Waals surface area contributed by atoms with Crippen molar-refractivity contribution in [2.45, 2.75) is 57.1 Å². The Labute approximate surface area is 165 Å². The first-order valence-corrected chi connectivity index (χ1v) is 11.2. The molecule has 2 N–H and O–H groups in total. The molecular formula is C19H25N5O3S. The maximum atomic E-state index is 12.3. The Hall–Kier alpha value is -2.39. The minimum Gasteiger partial charge on any atom is -0.307 e. The van der Waals surface area contributed by atoms with E-state index in [1.165, 1.54) is 12.1 Å². The van der Waals surface area contributed by atoms with Crippen LogP contribution in [0.2, 0.25) is 0 Å². The molecule has 0 atom stereocenters. The number of hydrogen-bond donors (Lipinski definition) is 2. The van der Waals surface area contributed by atoms with Gasteiger partial charge in [-0.05, 0) is 30.2 Å². The molecule has 0 saturated heterocycles. The number of sulfone groups is 1. The van der Waals surface area contributed by atoms with Crippen molar-refractivity contribution in [1.29, 1.82) is 0 Å². The van der Waals surface area contributed by atoms with E-state index in [1.54, 1.807) is 6.07 Å². The van der Waals surface area contributed by atoms with Crippen LogP contribution < -0.4 is 10.6 Å². The lowest BCUT2D eigenvalue weighted by Gasteiger charge is -2.06. The predicted octanol–water partition coefficient (Wildman–Crippen LogP) is 2.47. The van der Waals surface area contributed by atoms with Crippen molar-refractivity contribution in [1.82, 2.24) is 20.5 Å². The van der Waals surface area contributed by atoms with Gasteiger partial charge in [0.05, 0.1) is 11.4 Å². The maximum Gasteiger partial charge on any atom is 0.275 e. The van der Waals surface area contributed by atoms with E-state index < -0.39 is 15.7 Å². The molecule has 0 saturated carbocycles. The Morgan fingerprint density at radius 2 is 1.89 bits per heavy atom. The number of hydrogen-bond acceptors (Lipinski definition) is 7. The molecule has 8 nitrogen and oxygen atoms in total. The van der Waals surface area contributed by atoms with Crippen LogP contribution >= 0.6 is 0 Å². The Morgan fingerprint density at radius 1 is 1.07 bits per heavy atom. The highest BCUT2D eigenvalue weighted by Gasteiger charge is 2.18. The second-order valence-corrected chi connectivity index (χ2v) is 8.91. The van der Waals surface area contributed by atoms with Crippen molar-refractivity contribution in [3.63, 3.8) is 0 Å². The molecule has 2 aromatic heterocycles. The lowest BCUT2D eigenvalue weighted by molar-refractivity contribution is 0.102. The third kappa shape index (κ3) is 5.11. The first-order valence-electron chi connectivity index (χ1n) is 9.57. The summed E-state index contributed by atoms with van der Waals surface area (Å²) < 4.78 is 24.6. The van der Waals surface area contributed by atoms with Gasteiger partial charge >= 0.3 is 0 Å². The van der Waals surface area contributed by atoms with Gasteiger partial charge < -0.3 is 10.6 Å². The van der Waals surface area contributed by atoms with Gasteiger partial charge in [0.15, 0.2) is 20.7 Å². The molecule has 1 amide bonds. The van der Waals surface area contributed by atoms with Crippen molar-refractivity contribution in [3.8, 4) is 0 Å². The van der Waals surface area contributed by atoms with Crippen LogP contribution in [0.1, 0.15) is 60.8 Å².